The van der Waals surface area contributed by atoms with E-state index >= 15 is 0 Å². The van der Waals surface area contributed by atoms with Crippen molar-refractivity contribution in [3.8, 4) is 11.6 Å². The second-order valence-electron chi connectivity index (χ2n) is 3.34. The minimum absolute atomic E-state index is 0.00659. The molecule has 1 aromatic heterocycles. The van der Waals surface area contributed by atoms with Gasteiger partial charge in [-0.3, -0.25) is 10.1 Å². The minimum atomic E-state index is -0.474. The fraction of sp³-hybridized carbons (Fsp3) is 0.100. The lowest BCUT2D eigenvalue weighted by Crippen LogP contribution is -1.96. The van der Waals surface area contributed by atoms with Gasteiger partial charge >= 0.3 is 0 Å². The van der Waals surface area contributed by atoms with Gasteiger partial charge in [0.05, 0.1) is 16.8 Å². The van der Waals surface area contributed by atoms with Crippen LogP contribution in [-0.4, -0.2) is 19.8 Å². The van der Waals surface area contributed by atoms with Crippen LogP contribution in [0.2, 0.25) is 0 Å². The molecule has 0 aliphatic heterocycles. The van der Waals surface area contributed by atoms with Gasteiger partial charge in [-0.1, -0.05) is 0 Å². The van der Waals surface area contributed by atoms with Crippen LogP contribution in [0.3, 0.4) is 0 Å². The highest BCUT2D eigenvalue weighted by molar-refractivity contribution is 5.43. The molecule has 0 saturated heterocycles. The maximum absolute atomic E-state index is 10.5. The van der Waals surface area contributed by atoms with E-state index < -0.39 is 4.92 Å². The molecule has 82 valence electrons. The Bertz CT molecular complexity index is 531. The van der Waals surface area contributed by atoms with Crippen molar-refractivity contribution in [1.29, 1.82) is 0 Å². The normalized spacial score (nSPS) is 10.3. The Morgan fingerprint density at radius 2 is 2.00 bits per heavy atom. The second-order valence-corrected chi connectivity index (χ2v) is 3.34. The van der Waals surface area contributed by atoms with Gasteiger partial charge in [0.2, 0.25) is 5.88 Å². The third-order valence-electron chi connectivity index (χ3n) is 2.23. The highest BCUT2D eigenvalue weighted by atomic mass is 16.6. The molecule has 1 N–H and O–H groups in total. The summed E-state index contributed by atoms with van der Waals surface area (Å²) in [6.07, 6.45) is 1.52. The Balaban J connectivity index is 2.42. The number of benzene rings is 1. The van der Waals surface area contributed by atoms with E-state index in [0.29, 0.717) is 11.3 Å². The molecule has 0 bridgehead atoms. The van der Waals surface area contributed by atoms with Crippen LogP contribution < -0.4 is 0 Å². The summed E-state index contributed by atoms with van der Waals surface area (Å²) in [4.78, 5) is 9.98. The molecule has 0 spiro atoms. The van der Waals surface area contributed by atoms with E-state index in [1.54, 1.807) is 6.92 Å². The van der Waals surface area contributed by atoms with Crippen LogP contribution >= 0.6 is 0 Å². The van der Waals surface area contributed by atoms with E-state index in [1.165, 1.54) is 35.1 Å². The summed E-state index contributed by atoms with van der Waals surface area (Å²) in [5.74, 6) is 0.0360. The first-order chi connectivity index (χ1) is 7.59. The summed E-state index contributed by atoms with van der Waals surface area (Å²) in [5, 5.41) is 24.0. The number of nitro groups is 1. The van der Waals surface area contributed by atoms with E-state index in [4.69, 9.17) is 0 Å². The minimum Gasteiger partial charge on any atom is -0.493 e. The first-order valence-electron chi connectivity index (χ1n) is 4.58. The third-order valence-corrected chi connectivity index (χ3v) is 2.23. The molecule has 2 aromatic rings. The molecule has 6 nitrogen and oxygen atoms in total. The van der Waals surface area contributed by atoms with E-state index in [9.17, 15) is 15.2 Å². The van der Waals surface area contributed by atoms with Crippen molar-refractivity contribution in [2.24, 2.45) is 0 Å². The highest BCUT2D eigenvalue weighted by Crippen LogP contribution is 2.21. The third kappa shape index (κ3) is 1.60. The maximum Gasteiger partial charge on any atom is 0.269 e. The first-order valence-corrected chi connectivity index (χ1v) is 4.58. The van der Waals surface area contributed by atoms with Gasteiger partial charge in [-0.25, -0.2) is 4.68 Å². The molecular formula is C10H9N3O3. The lowest BCUT2D eigenvalue weighted by molar-refractivity contribution is -0.384. The van der Waals surface area contributed by atoms with Gasteiger partial charge in [0.15, 0.2) is 0 Å². The average Bonchev–Trinajstić information content (AvgIpc) is 2.60. The highest BCUT2D eigenvalue weighted by Gasteiger charge is 2.09. The number of aryl methyl sites for hydroxylation is 1. The second kappa shape index (κ2) is 3.65. The zero-order valence-corrected chi connectivity index (χ0v) is 8.49. The topological polar surface area (TPSA) is 81.2 Å². The molecule has 1 heterocycles. The van der Waals surface area contributed by atoms with Crippen molar-refractivity contribution in [1.82, 2.24) is 9.78 Å². The Hall–Kier alpha value is -2.37. The van der Waals surface area contributed by atoms with Crippen LogP contribution in [0.25, 0.3) is 5.69 Å². The zero-order chi connectivity index (χ0) is 11.7. The molecule has 16 heavy (non-hydrogen) atoms. The molecule has 0 fully saturated rings. The number of rotatable bonds is 2. The van der Waals surface area contributed by atoms with Gasteiger partial charge in [-0.05, 0) is 19.1 Å². The van der Waals surface area contributed by atoms with E-state index in [0.717, 1.165) is 0 Å². The molecule has 0 aliphatic carbocycles. The lowest BCUT2D eigenvalue weighted by Gasteiger charge is -2.02. The van der Waals surface area contributed by atoms with Gasteiger partial charge in [0, 0.05) is 17.7 Å². The SMILES string of the molecule is Cc1cnn(-c2ccc([N+](=O)[O-])cc2)c1O. The van der Waals surface area contributed by atoms with Crippen molar-refractivity contribution in [2.45, 2.75) is 6.92 Å². The van der Waals surface area contributed by atoms with E-state index in [2.05, 4.69) is 5.10 Å². The van der Waals surface area contributed by atoms with Crippen molar-refractivity contribution in [2.75, 3.05) is 0 Å². The van der Waals surface area contributed by atoms with Crippen LogP contribution in [0.4, 0.5) is 5.69 Å². The zero-order valence-electron chi connectivity index (χ0n) is 8.49. The number of hydrogen-bond donors (Lipinski definition) is 1. The number of hydrogen-bond acceptors (Lipinski definition) is 4. The largest absolute Gasteiger partial charge is 0.493 e. The first kappa shape index (κ1) is 10.2. The van der Waals surface area contributed by atoms with Crippen molar-refractivity contribution < 1.29 is 10.0 Å². The molecule has 6 heteroatoms. The number of nitrogens with zero attached hydrogens (tertiary/aromatic N) is 3. The molecule has 0 saturated carbocycles. The summed E-state index contributed by atoms with van der Waals surface area (Å²) in [6, 6.07) is 5.80. The molecule has 0 aliphatic rings. The van der Waals surface area contributed by atoms with Gasteiger partial charge in [-0.2, -0.15) is 5.10 Å². The number of aromatic hydroxyl groups is 1. The van der Waals surface area contributed by atoms with Gasteiger partial charge in [0.1, 0.15) is 0 Å². The number of non-ortho nitro benzene ring substituents is 1. The van der Waals surface area contributed by atoms with Crippen LogP contribution in [0.15, 0.2) is 30.5 Å². The molecule has 2 rings (SSSR count). The molecule has 0 unspecified atom stereocenters. The van der Waals surface area contributed by atoms with Crippen LogP contribution in [0.1, 0.15) is 5.56 Å². The lowest BCUT2D eigenvalue weighted by atomic mass is 10.3. The number of nitro benzene ring substituents is 1. The van der Waals surface area contributed by atoms with E-state index in [-0.39, 0.29) is 11.6 Å². The summed E-state index contributed by atoms with van der Waals surface area (Å²) >= 11 is 0. The monoisotopic (exact) mass is 219 g/mol. The standard InChI is InChI=1S/C10H9N3O3/c1-7-6-11-12(10(7)14)8-2-4-9(5-3-8)13(15)16/h2-6,14H,1H3. The van der Waals surface area contributed by atoms with E-state index in [1.807, 2.05) is 0 Å². The summed E-state index contributed by atoms with van der Waals surface area (Å²) < 4.78 is 1.32. The summed E-state index contributed by atoms with van der Waals surface area (Å²) in [5.41, 5.74) is 1.24. The van der Waals surface area contributed by atoms with Gasteiger partial charge in [0.25, 0.3) is 5.69 Å². The molecule has 0 amide bonds. The van der Waals surface area contributed by atoms with Crippen molar-refractivity contribution >= 4 is 5.69 Å². The fourth-order valence-corrected chi connectivity index (χ4v) is 1.33. The van der Waals surface area contributed by atoms with Crippen LogP contribution in [0, 0.1) is 17.0 Å². The Morgan fingerprint density at radius 3 is 2.44 bits per heavy atom. The smallest absolute Gasteiger partial charge is 0.269 e. The average molecular weight is 219 g/mol. The number of aromatic nitrogens is 2. The summed E-state index contributed by atoms with van der Waals surface area (Å²) in [7, 11) is 0. The Morgan fingerprint density at radius 1 is 1.38 bits per heavy atom. The fourth-order valence-electron chi connectivity index (χ4n) is 1.33. The predicted molar refractivity (Wildman–Crippen MR) is 56.6 cm³/mol. The molecular weight excluding hydrogens is 210 g/mol. The molecule has 0 atom stereocenters. The van der Waals surface area contributed by atoms with Crippen LogP contribution in [-0.2, 0) is 0 Å². The van der Waals surface area contributed by atoms with Crippen molar-refractivity contribution in [3.05, 3.63) is 46.1 Å². The molecule has 1 aromatic carbocycles. The predicted octanol–water partition coefficient (Wildman–Crippen LogP) is 1.79. The van der Waals surface area contributed by atoms with Gasteiger partial charge < -0.3 is 5.11 Å². The van der Waals surface area contributed by atoms with Crippen LogP contribution in [0.5, 0.6) is 5.88 Å². The maximum atomic E-state index is 10.5. The Labute approximate surface area is 90.9 Å². The quantitative estimate of drug-likeness (QED) is 0.616. The summed E-state index contributed by atoms with van der Waals surface area (Å²) in [6.45, 7) is 1.73. The van der Waals surface area contributed by atoms with Crippen molar-refractivity contribution in [3.63, 3.8) is 0 Å². The molecule has 0 radical (unpaired) electrons. The Kier molecular flexibility index (Phi) is 2.32. The van der Waals surface area contributed by atoms with Gasteiger partial charge in [-0.15, -0.1) is 0 Å².